The summed E-state index contributed by atoms with van der Waals surface area (Å²) in [6.45, 7) is 7.59. The molecule has 2 aromatic rings. The van der Waals surface area contributed by atoms with Crippen LogP contribution in [0.5, 0.6) is 0 Å². The largest absolute Gasteiger partial charge is 0.464 e. The van der Waals surface area contributed by atoms with E-state index in [-0.39, 0.29) is 11.6 Å². The minimum atomic E-state index is -0.500. The highest BCUT2D eigenvalue weighted by Crippen LogP contribution is 2.16. The van der Waals surface area contributed by atoms with Gasteiger partial charge in [0.2, 0.25) is 0 Å². The lowest BCUT2D eigenvalue weighted by atomic mass is 10.0. The van der Waals surface area contributed by atoms with Crippen LogP contribution in [-0.2, 0) is 11.4 Å². The van der Waals surface area contributed by atoms with Crippen molar-refractivity contribution in [3.63, 3.8) is 0 Å². The summed E-state index contributed by atoms with van der Waals surface area (Å²) in [6, 6.07) is 7.87. The van der Waals surface area contributed by atoms with E-state index in [4.69, 9.17) is 0 Å². The second-order valence-corrected chi connectivity index (χ2v) is 6.96. The van der Waals surface area contributed by atoms with Gasteiger partial charge in [0.05, 0.1) is 20.0 Å². The van der Waals surface area contributed by atoms with Crippen molar-refractivity contribution in [2.75, 3.05) is 33.3 Å². The third-order valence-corrected chi connectivity index (χ3v) is 4.76. The molecule has 0 radical (unpaired) electrons. The van der Waals surface area contributed by atoms with E-state index in [1.165, 1.54) is 12.7 Å². The minimum absolute atomic E-state index is 0.0682. The van der Waals surface area contributed by atoms with Crippen LogP contribution in [0, 0.1) is 0 Å². The molecule has 1 amide bonds. The Morgan fingerprint density at radius 1 is 1.11 bits per heavy atom. The molecule has 0 aliphatic carbocycles. The molecule has 2 heterocycles. The van der Waals surface area contributed by atoms with Gasteiger partial charge in [0.1, 0.15) is 0 Å². The van der Waals surface area contributed by atoms with Crippen LogP contribution in [0.1, 0.15) is 46.2 Å². The van der Waals surface area contributed by atoms with Gasteiger partial charge in [-0.25, -0.2) is 9.48 Å². The molecule has 1 saturated heterocycles. The number of ether oxygens (including phenoxy) is 1. The zero-order valence-corrected chi connectivity index (χ0v) is 16.0. The number of aromatic nitrogens is 3. The summed E-state index contributed by atoms with van der Waals surface area (Å²) >= 11 is 0. The van der Waals surface area contributed by atoms with Crippen molar-refractivity contribution in [1.29, 1.82) is 0 Å². The molecule has 0 spiro atoms. The van der Waals surface area contributed by atoms with Crippen LogP contribution >= 0.6 is 0 Å². The number of rotatable bonds is 5. The second kappa shape index (κ2) is 8.30. The lowest BCUT2D eigenvalue weighted by Crippen LogP contribution is -2.49. The van der Waals surface area contributed by atoms with Crippen LogP contribution < -0.4 is 0 Å². The van der Waals surface area contributed by atoms with E-state index in [0.717, 1.165) is 18.7 Å². The Bertz CT molecular complexity index is 792. The number of hydrogen-bond acceptors (Lipinski definition) is 6. The molecule has 0 atom stereocenters. The summed E-state index contributed by atoms with van der Waals surface area (Å²) in [6.07, 6.45) is 1.57. The van der Waals surface area contributed by atoms with Gasteiger partial charge in [0, 0.05) is 31.7 Å². The number of benzene rings is 1. The van der Waals surface area contributed by atoms with Crippen molar-refractivity contribution in [1.82, 2.24) is 24.8 Å². The lowest BCUT2D eigenvalue weighted by Gasteiger charge is -2.34. The fourth-order valence-electron chi connectivity index (χ4n) is 3.06. The van der Waals surface area contributed by atoms with Gasteiger partial charge in [-0.05, 0) is 23.6 Å². The maximum Gasteiger partial charge on any atom is 0.360 e. The van der Waals surface area contributed by atoms with Crippen molar-refractivity contribution in [2.24, 2.45) is 0 Å². The molecule has 0 unspecified atom stereocenters. The number of methoxy groups -OCH3 is 1. The van der Waals surface area contributed by atoms with Crippen molar-refractivity contribution in [3.05, 3.63) is 47.3 Å². The maximum absolute atomic E-state index is 12.7. The lowest BCUT2D eigenvalue weighted by molar-refractivity contribution is 0.0577. The number of carbonyl (C=O) groups is 2. The summed E-state index contributed by atoms with van der Waals surface area (Å²) < 4.78 is 6.24. The zero-order chi connectivity index (χ0) is 19.4. The molecule has 0 N–H and O–H groups in total. The van der Waals surface area contributed by atoms with Gasteiger partial charge in [0.15, 0.2) is 5.69 Å². The number of nitrogens with zero attached hydrogens (tertiary/aromatic N) is 5. The van der Waals surface area contributed by atoms with E-state index in [1.807, 2.05) is 29.2 Å². The highest BCUT2D eigenvalue weighted by Gasteiger charge is 2.23. The van der Waals surface area contributed by atoms with Crippen LogP contribution in [0.3, 0.4) is 0 Å². The third-order valence-electron chi connectivity index (χ3n) is 4.76. The molecular weight excluding hydrogens is 346 g/mol. The first kappa shape index (κ1) is 19.0. The summed E-state index contributed by atoms with van der Waals surface area (Å²) in [5.41, 5.74) is 2.15. The van der Waals surface area contributed by atoms with Gasteiger partial charge in [-0.15, -0.1) is 5.10 Å². The van der Waals surface area contributed by atoms with Crippen molar-refractivity contribution >= 4 is 11.9 Å². The van der Waals surface area contributed by atoms with Crippen LogP contribution in [0.25, 0.3) is 0 Å². The average Bonchev–Trinajstić information content (AvgIpc) is 3.16. The molecule has 8 heteroatoms. The summed E-state index contributed by atoms with van der Waals surface area (Å²) in [5, 5.41) is 7.75. The highest BCUT2D eigenvalue weighted by atomic mass is 16.5. The van der Waals surface area contributed by atoms with E-state index < -0.39 is 5.97 Å². The van der Waals surface area contributed by atoms with E-state index in [1.54, 1.807) is 10.9 Å². The molecule has 1 aromatic carbocycles. The van der Waals surface area contributed by atoms with Gasteiger partial charge in [0.25, 0.3) is 5.91 Å². The fraction of sp³-hybridized carbons (Fsp3) is 0.474. The maximum atomic E-state index is 12.7. The first-order valence-electron chi connectivity index (χ1n) is 9.08. The van der Waals surface area contributed by atoms with E-state index in [9.17, 15) is 9.59 Å². The Morgan fingerprint density at radius 3 is 2.37 bits per heavy atom. The molecule has 144 valence electrons. The number of esters is 1. The SMILES string of the molecule is COC(=O)c1cn(CN2CCN(C(=O)c3ccc(C(C)C)cc3)CC2)nn1. The monoisotopic (exact) mass is 371 g/mol. The molecule has 1 aromatic heterocycles. The van der Waals surface area contributed by atoms with E-state index in [2.05, 4.69) is 33.8 Å². The second-order valence-electron chi connectivity index (χ2n) is 6.96. The molecule has 27 heavy (non-hydrogen) atoms. The first-order valence-corrected chi connectivity index (χ1v) is 9.08. The number of amides is 1. The van der Waals surface area contributed by atoms with Crippen LogP contribution in [0.4, 0.5) is 0 Å². The van der Waals surface area contributed by atoms with Crippen LogP contribution in [-0.4, -0.2) is 70.0 Å². The Morgan fingerprint density at radius 2 is 1.78 bits per heavy atom. The first-order chi connectivity index (χ1) is 13.0. The Hall–Kier alpha value is -2.74. The van der Waals surface area contributed by atoms with Gasteiger partial charge >= 0.3 is 5.97 Å². The normalized spacial score (nSPS) is 15.2. The standard InChI is InChI=1S/C19H25N5O3/c1-14(2)15-4-6-16(7-5-15)18(25)23-10-8-22(9-11-23)13-24-12-17(20-21-24)19(26)27-3/h4-7,12,14H,8-11,13H2,1-3H3. The quantitative estimate of drug-likeness (QED) is 0.743. The average molecular weight is 371 g/mol. The summed E-state index contributed by atoms with van der Waals surface area (Å²) in [4.78, 5) is 28.2. The Kier molecular flexibility index (Phi) is 5.85. The van der Waals surface area contributed by atoms with Gasteiger partial charge < -0.3 is 9.64 Å². The number of piperazine rings is 1. The number of carbonyl (C=O) groups excluding carboxylic acids is 2. The van der Waals surface area contributed by atoms with Gasteiger partial charge in [-0.1, -0.05) is 31.2 Å². The fourth-order valence-corrected chi connectivity index (χ4v) is 3.06. The molecule has 8 nitrogen and oxygen atoms in total. The smallest absolute Gasteiger partial charge is 0.360 e. The zero-order valence-electron chi connectivity index (χ0n) is 16.0. The summed E-state index contributed by atoms with van der Waals surface area (Å²) in [5.74, 6) is 0.0213. The molecule has 1 fully saturated rings. The topological polar surface area (TPSA) is 80.6 Å². The molecule has 0 bridgehead atoms. The van der Waals surface area contributed by atoms with E-state index in [0.29, 0.717) is 25.7 Å². The molecule has 1 aliphatic rings. The highest BCUT2D eigenvalue weighted by molar-refractivity contribution is 5.94. The van der Waals surface area contributed by atoms with E-state index >= 15 is 0 Å². The molecule has 3 rings (SSSR count). The van der Waals surface area contributed by atoms with Crippen LogP contribution in [0.2, 0.25) is 0 Å². The van der Waals surface area contributed by atoms with Crippen molar-refractivity contribution in [3.8, 4) is 0 Å². The predicted molar refractivity (Wildman–Crippen MR) is 99.4 cm³/mol. The predicted octanol–water partition coefficient (Wildman–Crippen LogP) is 1.60. The minimum Gasteiger partial charge on any atom is -0.464 e. The van der Waals surface area contributed by atoms with Crippen LogP contribution in [0.15, 0.2) is 30.5 Å². The molecule has 0 saturated carbocycles. The Labute approximate surface area is 158 Å². The number of hydrogen-bond donors (Lipinski definition) is 0. The van der Waals surface area contributed by atoms with Gasteiger partial charge in [-0.3, -0.25) is 9.69 Å². The third kappa shape index (κ3) is 4.51. The molecular formula is C19H25N5O3. The van der Waals surface area contributed by atoms with Gasteiger partial charge in [-0.2, -0.15) is 0 Å². The molecule has 1 aliphatic heterocycles. The van der Waals surface area contributed by atoms with Crippen molar-refractivity contribution in [2.45, 2.75) is 26.4 Å². The van der Waals surface area contributed by atoms with Crippen molar-refractivity contribution < 1.29 is 14.3 Å². The summed E-state index contributed by atoms with van der Waals surface area (Å²) in [7, 11) is 1.31. The Balaban J connectivity index is 1.53.